The molecule has 104 valence electrons. The predicted molar refractivity (Wildman–Crippen MR) is 78.8 cm³/mol. The Balaban J connectivity index is 1.97. The van der Waals surface area contributed by atoms with Gasteiger partial charge in [0.05, 0.1) is 10.4 Å². The van der Waals surface area contributed by atoms with Gasteiger partial charge in [0.1, 0.15) is 6.10 Å². The minimum Gasteiger partial charge on any atom is -0.478 e. The molecule has 0 fully saturated rings. The molecule has 0 amide bonds. The number of fused-ring (bicyclic) bond motifs is 1. The van der Waals surface area contributed by atoms with E-state index < -0.39 is 12.1 Å². The van der Waals surface area contributed by atoms with Gasteiger partial charge in [-0.25, -0.2) is 4.79 Å². The number of rotatable bonds is 3. The number of carboxylic acids is 1. The predicted octanol–water partition coefficient (Wildman–Crippen LogP) is 2.52. The molecule has 0 saturated carbocycles. The maximum absolute atomic E-state index is 11.1. The van der Waals surface area contributed by atoms with Crippen LogP contribution in [0.25, 0.3) is 0 Å². The molecule has 1 aromatic carbocycles. The number of hydrogen-bond donors (Lipinski definition) is 2. The van der Waals surface area contributed by atoms with Gasteiger partial charge in [-0.1, -0.05) is 12.1 Å². The van der Waals surface area contributed by atoms with Crippen molar-refractivity contribution < 1.29 is 15.0 Å². The summed E-state index contributed by atoms with van der Waals surface area (Å²) >= 11 is 1.27. The van der Waals surface area contributed by atoms with Crippen molar-refractivity contribution in [2.24, 2.45) is 0 Å². The van der Waals surface area contributed by atoms with E-state index in [0.717, 1.165) is 18.5 Å². The van der Waals surface area contributed by atoms with Crippen LogP contribution >= 0.6 is 11.3 Å². The third-order valence-electron chi connectivity index (χ3n) is 3.72. The monoisotopic (exact) mass is 289 g/mol. The van der Waals surface area contributed by atoms with Crippen LogP contribution in [0.5, 0.6) is 0 Å². The summed E-state index contributed by atoms with van der Waals surface area (Å²) in [4.78, 5) is 13.8. The van der Waals surface area contributed by atoms with Gasteiger partial charge < -0.3 is 15.1 Å². The van der Waals surface area contributed by atoms with E-state index in [2.05, 4.69) is 4.90 Å². The number of nitrogens with zero attached hydrogens (tertiary/aromatic N) is 1. The second-order valence-electron chi connectivity index (χ2n) is 4.97. The van der Waals surface area contributed by atoms with Gasteiger partial charge in [-0.2, -0.15) is 0 Å². The number of hydrogen-bond acceptors (Lipinski definition) is 4. The molecule has 1 aromatic heterocycles. The fraction of sp³-hybridized carbons (Fsp3) is 0.267. The molecular formula is C15H15NO3S. The first-order valence-electron chi connectivity index (χ1n) is 6.40. The molecule has 0 aliphatic carbocycles. The van der Waals surface area contributed by atoms with Crippen molar-refractivity contribution in [2.45, 2.75) is 12.5 Å². The number of benzene rings is 1. The van der Waals surface area contributed by atoms with Gasteiger partial charge in [-0.05, 0) is 35.1 Å². The molecule has 0 bridgehead atoms. The number of thiophene rings is 1. The Labute approximate surface area is 120 Å². The Kier molecular flexibility index (Phi) is 3.23. The number of carbonyl (C=O) groups is 1. The molecule has 2 heterocycles. The summed E-state index contributed by atoms with van der Waals surface area (Å²) in [5.41, 5.74) is 3.33. The highest BCUT2D eigenvalue weighted by Gasteiger charge is 2.22. The van der Waals surface area contributed by atoms with Crippen LogP contribution < -0.4 is 4.90 Å². The highest BCUT2D eigenvalue weighted by atomic mass is 32.1. The van der Waals surface area contributed by atoms with Crippen LogP contribution in [0.4, 0.5) is 5.69 Å². The van der Waals surface area contributed by atoms with E-state index >= 15 is 0 Å². The van der Waals surface area contributed by atoms with Crippen molar-refractivity contribution in [3.05, 3.63) is 51.2 Å². The first-order chi connectivity index (χ1) is 9.58. The average molecular weight is 289 g/mol. The maximum atomic E-state index is 11.1. The van der Waals surface area contributed by atoms with Gasteiger partial charge >= 0.3 is 5.97 Å². The zero-order valence-electron chi connectivity index (χ0n) is 11.0. The summed E-state index contributed by atoms with van der Waals surface area (Å²) in [6, 6.07) is 7.38. The van der Waals surface area contributed by atoms with E-state index in [1.54, 1.807) is 5.38 Å². The highest BCUT2D eigenvalue weighted by molar-refractivity contribution is 7.10. The summed E-state index contributed by atoms with van der Waals surface area (Å²) in [7, 11) is 2.05. The summed E-state index contributed by atoms with van der Waals surface area (Å²) in [5, 5.41) is 21.3. The Morgan fingerprint density at radius 3 is 2.95 bits per heavy atom. The summed E-state index contributed by atoms with van der Waals surface area (Å²) in [6.45, 7) is 0.980. The number of likely N-dealkylation sites (N-methyl/N-ethyl adjacent to an activating group) is 1. The maximum Gasteiger partial charge on any atom is 0.336 e. The number of aliphatic hydroxyl groups excluding tert-OH is 1. The highest BCUT2D eigenvalue weighted by Crippen LogP contribution is 2.34. The SMILES string of the molecule is CN1CCc2cc(C(O)c3sccc3C(=O)O)ccc21. The second kappa shape index (κ2) is 4.92. The lowest BCUT2D eigenvalue weighted by Gasteiger charge is -2.15. The van der Waals surface area contributed by atoms with E-state index in [9.17, 15) is 9.90 Å². The lowest BCUT2D eigenvalue weighted by atomic mass is 10.0. The Bertz CT molecular complexity index is 665. The molecule has 1 aliphatic heterocycles. The van der Waals surface area contributed by atoms with Gasteiger partial charge in [0, 0.05) is 19.3 Å². The molecule has 1 atom stereocenters. The molecule has 4 nitrogen and oxygen atoms in total. The standard InChI is InChI=1S/C15H15NO3S/c1-16-6-4-9-8-10(2-3-12(9)16)13(17)14-11(15(18)19)5-7-20-14/h2-3,5,7-8,13,17H,4,6H2,1H3,(H,18,19). The normalized spacial score (nSPS) is 15.2. The largest absolute Gasteiger partial charge is 0.478 e. The van der Waals surface area contributed by atoms with Crippen molar-refractivity contribution in [2.75, 3.05) is 18.5 Å². The molecule has 20 heavy (non-hydrogen) atoms. The summed E-state index contributed by atoms with van der Waals surface area (Å²) < 4.78 is 0. The van der Waals surface area contributed by atoms with Crippen LogP contribution in [-0.4, -0.2) is 29.8 Å². The van der Waals surface area contributed by atoms with Crippen LogP contribution in [-0.2, 0) is 6.42 Å². The zero-order valence-corrected chi connectivity index (χ0v) is 11.9. The van der Waals surface area contributed by atoms with Crippen LogP contribution in [0.15, 0.2) is 29.6 Å². The third kappa shape index (κ3) is 2.09. The van der Waals surface area contributed by atoms with Crippen LogP contribution in [0, 0.1) is 0 Å². The number of carboxylic acid groups (broad SMARTS) is 1. The van der Waals surface area contributed by atoms with Gasteiger partial charge in [0.25, 0.3) is 0 Å². The molecule has 0 radical (unpaired) electrons. The van der Waals surface area contributed by atoms with Gasteiger partial charge in [-0.3, -0.25) is 0 Å². The first kappa shape index (κ1) is 13.1. The second-order valence-corrected chi connectivity index (χ2v) is 5.91. The molecule has 1 aliphatic rings. The molecule has 0 saturated heterocycles. The Morgan fingerprint density at radius 2 is 2.20 bits per heavy atom. The Morgan fingerprint density at radius 1 is 1.40 bits per heavy atom. The van der Waals surface area contributed by atoms with Crippen molar-refractivity contribution in [1.29, 1.82) is 0 Å². The third-order valence-corrected chi connectivity index (χ3v) is 4.69. The van der Waals surface area contributed by atoms with Crippen LogP contribution in [0.1, 0.15) is 32.5 Å². The fourth-order valence-corrected chi connectivity index (χ4v) is 3.52. The molecular weight excluding hydrogens is 274 g/mol. The van der Waals surface area contributed by atoms with Crippen molar-refractivity contribution in [1.82, 2.24) is 0 Å². The van der Waals surface area contributed by atoms with Gasteiger partial charge in [0.15, 0.2) is 0 Å². The van der Waals surface area contributed by atoms with Crippen molar-refractivity contribution >= 4 is 23.0 Å². The molecule has 2 N–H and O–H groups in total. The molecule has 1 unspecified atom stereocenters. The quantitative estimate of drug-likeness (QED) is 0.911. The van der Waals surface area contributed by atoms with E-state index in [-0.39, 0.29) is 5.56 Å². The number of aromatic carboxylic acids is 1. The minimum absolute atomic E-state index is 0.181. The van der Waals surface area contributed by atoms with E-state index in [4.69, 9.17) is 5.11 Å². The van der Waals surface area contributed by atoms with E-state index in [0.29, 0.717) is 4.88 Å². The lowest BCUT2D eigenvalue weighted by molar-refractivity contribution is 0.0692. The van der Waals surface area contributed by atoms with Gasteiger partial charge in [-0.15, -0.1) is 11.3 Å². The number of aliphatic hydroxyl groups is 1. The summed E-state index contributed by atoms with van der Waals surface area (Å²) in [6.07, 6.45) is 0.0834. The average Bonchev–Trinajstić information content (AvgIpc) is 3.05. The fourth-order valence-electron chi connectivity index (χ4n) is 2.62. The zero-order chi connectivity index (χ0) is 14.3. The topological polar surface area (TPSA) is 60.8 Å². The lowest BCUT2D eigenvalue weighted by Crippen LogP contribution is -2.12. The molecule has 2 aromatic rings. The van der Waals surface area contributed by atoms with E-state index in [1.807, 2.05) is 25.2 Å². The van der Waals surface area contributed by atoms with Crippen LogP contribution in [0.2, 0.25) is 0 Å². The number of anilines is 1. The van der Waals surface area contributed by atoms with E-state index in [1.165, 1.54) is 28.7 Å². The molecule has 0 spiro atoms. The minimum atomic E-state index is -0.999. The molecule has 5 heteroatoms. The summed E-state index contributed by atoms with van der Waals surface area (Å²) in [5.74, 6) is -0.999. The van der Waals surface area contributed by atoms with Crippen LogP contribution in [0.3, 0.4) is 0 Å². The Hall–Kier alpha value is -1.85. The van der Waals surface area contributed by atoms with Gasteiger partial charge in [0.2, 0.25) is 0 Å². The van der Waals surface area contributed by atoms with Crippen molar-refractivity contribution in [3.8, 4) is 0 Å². The van der Waals surface area contributed by atoms with Crippen molar-refractivity contribution in [3.63, 3.8) is 0 Å². The first-order valence-corrected chi connectivity index (χ1v) is 7.28. The smallest absolute Gasteiger partial charge is 0.336 e. The molecule has 3 rings (SSSR count).